The van der Waals surface area contributed by atoms with Crippen molar-refractivity contribution in [2.24, 2.45) is 0 Å². The van der Waals surface area contributed by atoms with Gasteiger partial charge in [-0.15, -0.1) is 0 Å². The second-order valence-electron chi connectivity index (χ2n) is 3.30. The summed E-state index contributed by atoms with van der Waals surface area (Å²) in [5.41, 5.74) is 1.77. The second-order valence-corrected chi connectivity index (χ2v) is 3.68. The number of aromatic nitrogens is 3. The summed E-state index contributed by atoms with van der Waals surface area (Å²) in [6.07, 6.45) is 1.54. The van der Waals surface area contributed by atoms with E-state index in [1.54, 1.807) is 24.4 Å². The number of aromatic amines is 1. The lowest BCUT2D eigenvalue weighted by atomic mass is 10.2. The van der Waals surface area contributed by atoms with Gasteiger partial charge in [-0.2, -0.15) is 10.1 Å². The zero-order chi connectivity index (χ0) is 11.5. The molecule has 0 radical (unpaired) electrons. The Bertz CT molecular complexity index is 567. The Morgan fingerprint density at radius 1 is 1.44 bits per heavy atom. The number of nitrogens with one attached hydrogen (secondary N) is 2. The maximum Gasteiger partial charge on any atom is 0.215 e. The Morgan fingerprint density at radius 3 is 2.94 bits per heavy atom. The molecule has 6 heteroatoms. The van der Waals surface area contributed by atoms with E-state index in [2.05, 4.69) is 20.5 Å². The van der Waals surface area contributed by atoms with E-state index in [-0.39, 0.29) is 5.75 Å². The minimum Gasteiger partial charge on any atom is -0.508 e. The third-order valence-corrected chi connectivity index (χ3v) is 2.22. The van der Waals surface area contributed by atoms with Gasteiger partial charge in [0.1, 0.15) is 5.75 Å². The van der Waals surface area contributed by atoms with Crippen molar-refractivity contribution in [3.8, 4) is 5.75 Å². The van der Waals surface area contributed by atoms with E-state index in [1.807, 2.05) is 6.92 Å². The van der Waals surface area contributed by atoms with Crippen molar-refractivity contribution in [2.75, 3.05) is 5.32 Å². The molecule has 1 heterocycles. The smallest absolute Gasteiger partial charge is 0.215 e. The first-order valence-electron chi connectivity index (χ1n) is 4.63. The van der Waals surface area contributed by atoms with Crippen LogP contribution < -0.4 is 5.32 Å². The first kappa shape index (κ1) is 10.6. The van der Waals surface area contributed by atoms with Crippen LogP contribution in [0.25, 0.3) is 0 Å². The van der Waals surface area contributed by atoms with Gasteiger partial charge in [0.25, 0.3) is 0 Å². The van der Waals surface area contributed by atoms with Crippen LogP contribution in [0, 0.1) is 11.7 Å². The van der Waals surface area contributed by atoms with E-state index in [4.69, 9.17) is 12.2 Å². The summed E-state index contributed by atoms with van der Waals surface area (Å²) in [4.78, 5) is 4.06. The van der Waals surface area contributed by atoms with Crippen molar-refractivity contribution in [1.29, 1.82) is 0 Å². The molecule has 0 fully saturated rings. The Labute approximate surface area is 97.2 Å². The van der Waals surface area contributed by atoms with Gasteiger partial charge in [0.15, 0.2) is 5.82 Å². The van der Waals surface area contributed by atoms with E-state index in [1.165, 1.54) is 0 Å². The number of nitrogens with zero attached hydrogens (tertiary/aromatic N) is 2. The lowest BCUT2D eigenvalue weighted by Crippen LogP contribution is -1.97. The molecular weight excluding hydrogens is 224 g/mol. The lowest BCUT2D eigenvalue weighted by molar-refractivity contribution is 0.475. The maximum atomic E-state index is 9.27. The van der Waals surface area contributed by atoms with Crippen LogP contribution in [-0.4, -0.2) is 20.3 Å². The zero-order valence-electron chi connectivity index (χ0n) is 8.56. The highest BCUT2D eigenvalue weighted by molar-refractivity contribution is 7.71. The fraction of sp³-hybridized carbons (Fsp3) is 0.100. The molecule has 5 nitrogen and oxygen atoms in total. The number of rotatable bonds is 2. The van der Waals surface area contributed by atoms with Gasteiger partial charge in [-0.1, -0.05) is 0 Å². The Hall–Kier alpha value is -1.95. The van der Waals surface area contributed by atoms with Gasteiger partial charge in [0.05, 0.1) is 6.20 Å². The van der Waals surface area contributed by atoms with Gasteiger partial charge in [-0.3, -0.25) is 5.10 Å². The van der Waals surface area contributed by atoms with Crippen molar-refractivity contribution >= 4 is 23.7 Å². The first-order valence-corrected chi connectivity index (χ1v) is 5.04. The van der Waals surface area contributed by atoms with Crippen molar-refractivity contribution < 1.29 is 5.11 Å². The quantitative estimate of drug-likeness (QED) is 0.549. The van der Waals surface area contributed by atoms with Crippen molar-refractivity contribution in [3.05, 3.63) is 34.7 Å². The number of hydrogen-bond donors (Lipinski definition) is 3. The molecule has 0 amide bonds. The van der Waals surface area contributed by atoms with E-state index in [0.717, 1.165) is 11.3 Å². The lowest BCUT2D eigenvalue weighted by Gasteiger charge is -2.08. The third kappa shape index (κ3) is 2.34. The highest BCUT2D eigenvalue weighted by Gasteiger charge is 2.01. The summed E-state index contributed by atoms with van der Waals surface area (Å²) in [5, 5.41) is 18.7. The molecule has 16 heavy (non-hydrogen) atoms. The van der Waals surface area contributed by atoms with E-state index >= 15 is 0 Å². The predicted molar refractivity (Wildman–Crippen MR) is 63.3 cm³/mol. The van der Waals surface area contributed by atoms with Gasteiger partial charge in [-0.05, 0) is 42.9 Å². The second kappa shape index (κ2) is 4.28. The molecule has 2 rings (SSSR count). The summed E-state index contributed by atoms with van der Waals surface area (Å²) >= 11 is 4.86. The summed E-state index contributed by atoms with van der Waals surface area (Å²) < 4.78 is 0.321. The van der Waals surface area contributed by atoms with Crippen LogP contribution in [0.2, 0.25) is 0 Å². The van der Waals surface area contributed by atoms with Crippen LogP contribution in [0.4, 0.5) is 11.5 Å². The number of H-pyrrole nitrogens is 1. The van der Waals surface area contributed by atoms with E-state index < -0.39 is 0 Å². The fourth-order valence-corrected chi connectivity index (χ4v) is 1.45. The third-order valence-electron chi connectivity index (χ3n) is 2.04. The number of aryl methyl sites for hydroxylation is 1. The molecular formula is C10H10N4OS. The summed E-state index contributed by atoms with van der Waals surface area (Å²) in [6.45, 7) is 1.89. The molecule has 0 aliphatic rings. The SMILES string of the molecule is Cc1cc(O)ccc1Nc1cn[nH]c(=S)n1. The number of benzene rings is 1. The number of aromatic hydroxyl groups is 1. The average molecular weight is 234 g/mol. The van der Waals surface area contributed by atoms with Gasteiger partial charge in [0, 0.05) is 5.69 Å². The topological polar surface area (TPSA) is 73.8 Å². The Morgan fingerprint density at radius 2 is 2.25 bits per heavy atom. The van der Waals surface area contributed by atoms with Crippen LogP contribution in [0.3, 0.4) is 0 Å². The van der Waals surface area contributed by atoms with Gasteiger partial charge in [0.2, 0.25) is 4.77 Å². The largest absolute Gasteiger partial charge is 0.508 e. The van der Waals surface area contributed by atoms with E-state index in [0.29, 0.717) is 10.6 Å². The van der Waals surface area contributed by atoms with Crippen LogP contribution in [0.5, 0.6) is 5.75 Å². The molecule has 0 aliphatic carbocycles. The van der Waals surface area contributed by atoms with Gasteiger partial charge < -0.3 is 10.4 Å². The average Bonchev–Trinajstić information content (AvgIpc) is 2.22. The molecule has 0 saturated heterocycles. The van der Waals surface area contributed by atoms with Crippen LogP contribution in [0.15, 0.2) is 24.4 Å². The molecule has 1 aromatic carbocycles. The minimum absolute atomic E-state index is 0.236. The molecule has 0 bridgehead atoms. The number of hydrogen-bond acceptors (Lipinski definition) is 5. The molecule has 0 unspecified atom stereocenters. The summed E-state index contributed by atoms with van der Waals surface area (Å²) in [6, 6.07) is 5.04. The highest BCUT2D eigenvalue weighted by Crippen LogP contribution is 2.22. The molecule has 3 N–H and O–H groups in total. The normalized spacial score (nSPS) is 10.1. The zero-order valence-corrected chi connectivity index (χ0v) is 9.38. The Kier molecular flexibility index (Phi) is 2.82. The molecule has 0 saturated carbocycles. The van der Waals surface area contributed by atoms with Gasteiger partial charge >= 0.3 is 0 Å². The van der Waals surface area contributed by atoms with Crippen molar-refractivity contribution in [2.45, 2.75) is 6.92 Å². The number of anilines is 2. The highest BCUT2D eigenvalue weighted by atomic mass is 32.1. The fourth-order valence-electron chi connectivity index (χ4n) is 1.30. The maximum absolute atomic E-state index is 9.27. The minimum atomic E-state index is 0.236. The van der Waals surface area contributed by atoms with Crippen LogP contribution >= 0.6 is 12.2 Å². The standard InChI is InChI=1S/C10H10N4OS/c1-6-4-7(15)2-3-8(6)12-9-5-11-14-10(16)13-9/h2-5,15H,1H3,(H2,12,13,14,16). The monoisotopic (exact) mass is 234 g/mol. The van der Waals surface area contributed by atoms with Crippen molar-refractivity contribution in [1.82, 2.24) is 15.2 Å². The number of phenols is 1. The molecule has 0 aliphatic heterocycles. The molecule has 1 aromatic heterocycles. The first-order chi connectivity index (χ1) is 7.65. The van der Waals surface area contributed by atoms with E-state index in [9.17, 15) is 5.11 Å². The summed E-state index contributed by atoms with van der Waals surface area (Å²) in [7, 11) is 0. The van der Waals surface area contributed by atoms with Crippen LogP contribution in [0.1, 0.15) is 5.56 Å². The Balaban J connectivity index is 2.30. The molecule has 82 valence electrons. The number of phenolic OH excluding ortho intramolecular Hbond substituents is 1. The van der Waals surface area contributed by atoms with Crippen molar-refractivity contribution in [3.63, 3.8) is 0 Å². The molecule has 0 atom stereocenters. The van der Waals surface area contributed by atoms with Crippen LogP contribution in [-0.2, 0) is 0 Å². The predicted octanol–water partition coefficient (Wildman–Crippen LogP) is 2.29. The molecule has 2 aromatic rings. The van der Waals surface area contributed by atoms with Gasteiger partial charge in [-0.25, -0.2) is 0 Å². The summed E-state index contributed by atoms with van der Waals surface area (Å²) in [5.74, 6) is 0.803. The molecule has 0 spiro atoms.